The maximum atomic E-state index is 14.4. The molecule has 37 heavy (non-hydrogen) atoms. The van der Waals surface area contributed by atoms with Crippen LogP contribution < -0.4 is 4.74 Å². The van der Waals surface area contributed by atoms with Crippen molar-refractivity contribution in [2.24, 2.45) is 0 Å². The molecule has 0 atom stereocenters. The normalized spacial score (nSPS) is 13.1. The van der Waals surface area contributed by atoms with Gasteiger partial charge in [-0.25, -0.2) is 18.4 Å². The first kappa shape index (κ1) is 22.7. The van der Waals surface area contributed by atoms with Gasteiger partial charge in [0.05, 0.1) is 41.5 Å². The summed E-state index contributed by atoms with van der Waals surface area (Å²) in [6.07, 6.45) is 10.0. The zero-order chi connectivity index (χ0) is 25.6. The third kappa shape index (κ3) is 3.67. The minimum atomic E-state index is -0.935. The predicted molar refractivity (Wildman–Crippen MR) is 134 cm³/mol. The van der Waals surface area contributed by atoms with E-state index in [0.29, 0.717) is 30.0 Å². The summed E-state index contributed by atoms with van der Waals surface area (Å²) in [6.45, 7) is 0. The van der Waals surface area contributed by atoms with Crippen LogP contribution in [0.1, 0.15) is 28.2 Å². The summed E-state index contributed by atoms with van der Waals surface area (Å²) in [7, 11) is 1.60. The third-order valence-electron chi connectivity index (χ3n) is 6.86. The van der Waals surface area contributed by atoms with E-state index < -0.39 is 5.41 Å². The van der Waals surface area contributed by atoms with Gasteiger partial charge in [-0.2, -0.15) is 0 Å². The van der Waals surface area contributed by atoms with Crippen molar-refractivity contribution >= 4 is 0 Å². The second-order valence-electron chi connectivity index (χ2n) is 9.04. The number of halogens is 2. The second kappa shape index (κ2) is 8.71. The van der Waals surface area contributed by atoms with Crippen LogP contribution in [0.5, 0.6) is 5.75 Å². The van der Waals surface area contributed by atoms with Crippen LogP contribution in [0.3, 0.4) is 0 Å². The minimum Gasteiger partial charge on any atom is -0.497 e. The molecule has 0 aliphatic carbocycles. The monoisotopic (exact) mass is 493 g/mol. The van der Waals surface area contributed by atoms with E-state index in [4.69, 9.17) is 11.2 Å². The molecule has 0 radical (unpaired) electrons. The number of methoxy groups -OCH3 is 1. The summed E-state index contributed by atoms with van der Waals surface area (Å²) in [4.78, 5) is 4.57. The fourth-order valence-corrected chi connectivity index (χ4v) is 5.36. The first-order valence-electron chi connectivity index (χ1n) is 11.7. The average molecular weight is 494 g/mol. The van der Waals surface area contributed by atoms with E-state index in [-0.39, 0.29) is 11.6 Å². The van der Waals surface area contributed by atoms with Crippen molar-refractivity contribution in [3.8, 4) is 29.5 Å². The average Bonchev–Trinajstić information content (AvgIpc) is 3.54. The molecule has 0 N–H and O–H groups in total. The molecule has 0 unspecified atom stereocenters. The van der Waals surface area contributed by atoms with E-state index in [2.05, 4.69) is 21.2 Å². The van der Waals surface area contributed by atoms with Crippen molar-refractivity contribution in [3.63, 3.8) is 0 Å². The van der Waals surface area contributed by atoms with Crippen LogP contribution in [0, 0.1) is 24.0 Å². The summed E-state index contributed by atoms with van der Waals surface area (Å²) < 4.78 is 37.9. The Morgan fingerprint density at radius 1 is 0.946 bits per heavy atom. The van der Waals surface area contributed by atoms with Crippen LogP contribution >= 0.6 is 0 Å². The molecule has 0 fully saturated rings. The number of hydrogen-bond donors (Lipinski definition) is 0. The number of imidazole rings is 1. The summed E-state index contributed by atoms with van der Waals surface area (Å²) >= 11 is 0. The van der Waals surface area contributed by atoms with Gasteiger partial charge in [0.25, 0.3) is 0 Å². The van der Waals surface area contributed by atoms with Gasteiger partial charge < -0.3 is 4.74 Å². The quantitative estimate of drug-likeness (QED) is 0.330. The molecule has 0 bridgehead atoms. The Bertz CT molecular complexity index is 1630. The van der Waals surface area contributed by atoms with Crippen LogP contribution in [-0.2, 0) is 18.3 Å². The number of fused-ring (bicyclic) bond motifs is 5. The van der Waals surface area contributed by atoms with Gasteiger partial charge in [-0.1, -0.05) is 29.5 Å². The Hall–Kier alpha value is -4.77. The molecule has 2 aromatic heterocycles. The molecule has 182 valence electrons. The van der Waals surface area contributed by atoms with E-state index in [1.807, 2.05) is 34.9 Å². The highest BCUT2D eigenvalue weighted by Gasteiger charge is 2.45. The van der Waals surface area contributed by atoms with Crippen LogP contribution in [0.4, 0.5) is 8.78 Å². The largest absolute Gasteiger partial charge is 0.497 e. The molecule has 8 heteroatoms. The van der Waals surface area contributed by atoms with Crippen LogP contribution in [-0.4, -0.2) is 31.7 Å². The van der Waals surface area contributed by atoms with Gasteiger partial charge in [-0.05, 0) is 66.3 Å². The lowest BCUT2D eigenvalue weighted by molar-refractivity contribution is 0.414. The summed E-state index contributed by atoms with van der Waals surface area (Å²) in [5.74, 6) is 2.67. The fraction of sp³-hybridized carbons (Fsp3) is 0.138. The lowest BCUT2D eigenvalue weighted by atomic mass is 9.70. The Labute approximate surface area is 212 Å². The zero-order valence-electron chi connectivity index (χ0n) is 19.9. The van der Waals surface area contributed by atoms with Gasteiger partial charge in [-0.3, -0.25) is 4.57 Å². The van der Waals surface area contributed by atoms with E-state index in [9.17, 15) is 8.78 Å². The molecule has 0 amide bonds. The van der Waals surface area contributed by atoms with E-state index in [1.165, 1.54) is 24.3 Å². The predicted octanol–water partition coefficient (Wildman–Crippen LogP) is 4.81. The van der Waals surface area contributed by atoms with Crippen molar-refractivity contribution in [2.75, 3.05) is 7.11 Å². The summed E-state index contributed by atoms with van der Waals surface area (Å²) in [5, 5.41) is 8.71. The first-order valence-corrected chi connectivity index (χ1v) is 11.7. The molecule has 5 aromatic rings. The maximum Gasteiger partial charge on any atom is 0.135 e. The number of rotatable bonds is 5. The molecule has 1 aliphatic heterocycles. The molecule has 0 saturated heterocycles. The van der Waals surface area contributed by atoms with Gasteiger partial charge in [-0.15, -0.1) is 11.5 Å². The molecule has 3 heterocycles. The molecule has 0 saturated carbocycles. The van der Waals surface area contributed by atoms with Crippen molar-refractivity contribution in [3.05, 3.63) is 119 Å². The number of aromatic nitrogens is 5. The highest BCUT2D eigenvalue weighted by molar-refractivity contribution is 5.62. The SMILES string of the molecule is C#Cc1ncn2c1C(Cc1cccc(F)c1)(Cc1cccc(F)c1)c1cnnn1-c1cc(OC)ccc1-2. The van der Waals surface area contributed by atoms with E-state index >= 15 is 0 Å². The summed E-state index contributed by atoms with van der Waals surface area (Å²) in [6, 6.07) is 18.5. The zero-order valence-corrected chi connectivity index (χ0v) is 19.9. The lowest BCUT2D eigenvalue weighted by Crippen LogP contribution is -2.37. The standard InChI is InChI=1S/C29H21F2N5O/c1-3-24-28-29(15-19-6-4-8-21(30)12-19,16-20-7-5-9-22(31)13-20)27-17-33-34-36(27)26-14-23(37-2)10-11-25(26)35(28)18-32-24/h1,4-14,17-18H,15-16H2,2H3. The minimum absolute atomic E-state index is 0.333. The Kier molecular flexibility index (Phi) is 5.34. The smallest absolute Gasteiger partial charge is 0.135 e. The molecular formula is C29H21F2N5O. The number of benzene rings is 3. The van der Waals surface area contributed by atoms with Gasteiger partial charge in [0, 0.05) is 6.07 Å². The Morgan fingerprint density at radius 3 is 2.27 bits per heavy atom. The lowest BCUT2D eigenvalue weighted by Gasteiger charge is -2.34. The van der Waals surface area contributed by atoms with Crippen molar-refractivity contribution in [1.29, 1.82) is 0 Å². The number of nitrogens with zero attached hydrogens (tertiary/aromatic N) is 5. The van der Waals surface area contributed by atoms with Crippen LogP contribution in [0.15, 0.2) is 79.3 Å². The maximum absolute atomic E-state index is 14.4. The number of terminal acetylenes is 1. The van der Waals surface area contributed by atoms with E-state index in [1.54, 1.807) is 36.4 Å². The van der Waals surface area contributed by atoms with E-state index in [0.717, 1.165) is 28.2 Å². The van der Waals surface area contributed by atoms with Crippen molar-refractivity contribution in [1.82, 2.24) is 24.5 Å². The topological polar surface area (TPSA) is 57.8 Å². The molecule has 6 nitrogen and oxygen atoms in total. The number of ether oxygens (including phenoxy) is 1. The molecule has 1 aliphatic rings. The van der Waals surface area contributed by atoms with Gasteiger partial charge in [0.1, 0.15) is 29.4 Å². The van der Waals surface area contributed by atoms with Gasteiger partial charge in [0.2, 0.25) is 0 Å². The number of hydrogen-bond acceptors (Lipinski definition) is 4. The molecule has 3 aromatic carbocycles. The van der Waals surface area contributed by atoms with Crippen LogP contribution in [0.25, 0.3) is 11.4 Å². The first-order chi connectivity index (χ1) is 18.0. The van der Waals surface area contributed by atoms with Gasteiger partial charge >= 0.3 is 0 Å². The third-order valence-corrected chi connectivity index (χ3v) is 6.86. The summed E-state index contributed by atoms with van der Waals surface area (Å²) in [5.41, 5.74) is 3.90. The highest BCUT2D eigenvalue weighted by Crippen LogP contribution is 2.45. The molecule has 6 rings (SSSR count). The Balaban J connectivity index is 1.71. The second-order valence-corrected chi connectivity index (χ2v) is 9.04. The molecular weight excluding hydrogens is 472 g/mol. The fourth-order valence-electron chi connectivity index (χ4n) is 5.36. The molecule has 0 spiro atoms. The highest BCUT2D eigenvalue weighted by atomic mass is 19.1. The van der Waals surface area contributed by atoms with Gasteiger partial charge in [0.15, 0.2) is 0 Å². The van der Waals surface area contributed by atoms with Crippen molar-refractivity contribution in [2.45, 2.75) is 18.3 Å². The Morgan fingerprint density at radius 2 is 1.65 bits per heavy atom. The van der Waals surface area contributed by atoms with Crippen molar-refractivity contribution < 1.29 is 13.5 Å². The van der Waals surface area contributed by atoms with Crippen LogP contribution in [0.2, 0.25) is 0 Å².